The van der Waals surface area contributed by atoms with Gasteiger partial charge in [-0.3, -0.25) is 9.79 Å². The molecular formula is C25H35N5O. The number of nitrogens with one attached hydrogen (secondary N) is 2. The van der Waals surface area contributed by atoms with E-state index in [0.717, 1.165) is 38.6 Å². The third-order valence-corrected chi connectivity index (χ3v) is 5.98. The molecule has 2 atom stereocenters. The van der Waals surface area contributed by atoms with Crippen LogP contribution in [0.15, 0.2) is 65.7 Å². The second kappa shape index (κ2) is 11.4. The Hall–Kier alpha value is -3.02. The van der Waals surface area contributed by atoms with E-state index in [2.05, 4.69) is 70.9 Å². The smallest absolute Gasteiger partial charge is 0.223 e. The van der Waals surface area contributed by atoms with Gasteiger partial charge in [0.15, 0.2) is 5.96 Å². The number of likely N-dealkylation sites (N-methyl/N-ethyl adjacent to an activating group) is 1. The summed E-state index contributed by atoms with van der Waals surface area (Å²) >= 11 is 0. The van der Waals surface area contributed by atoms with Gasteiger partial charge < -0.3 is 20.4 Å². The Bertz CT molecular complexity index is 840. The molecule has 2 N–H and O–H groups in total. The van der Waals surface area contributed by atoms with Crippen LogP contribution in [0.4, 0.5) is 5.69 Å². The lowest BCUT2D eigenvalue weighted by Gasteiger charge is -2.28. The number of rotatable bonds is 9. The fourth-order valence-corrected chi connectivity index (χ4v) is 3.88. The molecule has 31 heavy (non-hydrogen) atoms. The molecule has 0 aliphatic carbocycles. The van der Waals surface area contributed by atoms with Gasteiger partial charge in [0.25, 0.3) is 0 Å². The summed E-state index contributed by atoms with van der Waals surface area (Å²) < 4.78 is 0. The zero-order valence-corrected chi connectivity index (χ0v) is 18.9. The van der Waals surface area contributed by atoms with Gasteiger partial charge in [0.1, 0.15) is 0 Å². The van der Waals surface area contributed by atoms with Crippen LogP contribution in [0.2, 0.25) is 0 Å². The largest absolute Gasteiger partial charge is 0.370 e. The van der Waals surface area contributed by atoms with Crippen LogP contribution in [0.5, 0.6) is 0 Å². The van der Waals surface area contributed by atoms with E-state index in [1.165, 1.54) is 11.3 Å². The predicted molar refractivity (Wildman–Crippen MR) is 129 cm³/mol. The maximum absolute atomic E-state index is 12.4. The van der Waals surface area contributed by atoms with Gasteiger partial charge >= 0.3 is 0 Å². The first-order valence-electron chi connectivity index (χ1n) is 11.1. The number of para-hydroxylation sites is 1. The number of aliphatic imine (C=N–C) groups is 1. The van der Waals surface area contributed by atoms with Crippen LogP contribution in [-0.4, -0.2) is 63.1 Å². The van der Waals surface area contributed by atoms with E-state index in [4.69, 9.17) is 0 Å². The number of amides is 1. The van der Waals surface area contributed by atoms with E-state index >= 15 is 0 Å². The summed E-state index contributed by atoms with van der Waals surface area (Å²) in [6, 6.07) is 21.0. The van der Waals surface area contributed by atoms with Crippen molar-refractivity contribution >= 4 is 17.6 Å². The van der Waals surface area contributed by atoms with Gasteiger partial charge in [-0.05, 0) is 31.0 Å². The lowest BCUT2D eigenvalue weighted by Crippen LogP contribution is -2.46. The number of anilines is 1. The quantitative estimate of drug-likeness (QED) is 0.483. The highest BCUT2D eigenvalue weighted by atomic mass is 16.2. The van der Waals surface area contributed by atoms with Gasteiger partial charge in [-0.25, -0.2) is 0 Å². The first kappa shape index (κ1) is 22.7. The van der Waals surface area contributed by atoms with Crippen molar-refractivity contribution in [2.45, 2.75) is 25.8 Å². The number of nitrogens with zero attached hydrogens (tertiary/aromatic N) is 3. The average Bonchev–Trinajstić information content (AvgIpc) is 3.17. The van der Waals surface area contributed by atoms with Crippen LogP contribution in [0.25, 0.3) is 0 Å². The fraction of sp³-hybridized carbons (Fsp3) is 0.440. The van der Waals surface area contributed by atoms with Crippen molar-refractivity contribution in [3.8, 4) is 0 Å². The summed E-state index contributed by atoms with van der Waals surface area (Å²) in [5.74, 6) is 1.35. The Morgan fingerprint density at radius 3 is 2.48 bits per heavy atom. The average molecular weight is 422 g/mol. The van der Waals surface area contributed by atoms with E-state index in [0.29, 0.717) is 18.4 Å². The first-order valence-corrected chi connectivity index (χ1v) is 11.1. The Kier molecular flexibility index (Phi) is 8.33. The summed E-state index contributed by atoms with van der Waals surface area (Å²) in [4.78, 5) is 21.0. The van der Waals surface area contributed by atoms with Gasteiger partial charge in [-0.15, -0.1) is 0 Å². The second-order valence-corrected chi connectivity index (χ2v) is 8.27. The number of carbonyl (C=O) groups is 1. The van der Waals surface area contributed by atoms with Crippen molar-refractivity contribution in [2.24, 2.45) is 10.9 Å². The molecule has 0 spiro atoms. The molecule has 2 aromatic carbocycles. The standard InChI is InChI=1S/C25H35N5O/c1-20(29(3)23-12-8-5-9-13-23)17-27-25(26-2)28-18-22-16-24(31)30(19-22)15-14-21-10-6-4-7-11-21/h4-13,20,22H,14-19H2,1-3H3,(H2,26,27,28). The van der Waals surface area contributed by atoms with Gasteiger partial charge in [0, 0.05) is 64.3 Å². The van der Waals surface area contributed by atoms with Crippen molar-refractivity contribution < 1.29 is 4.79 Å². The molecule has 2 unspecified atom stereocenters. The molecule has 1 aliphatic heterocycles. The summed E-state index contributed by atoms with van der Waals surface area (Å²) in [7, 11) is 3.89. The molecule has 1 amide bonds. The van der Waals surface area contributed by atoms with Gasteiger partial charge in [0.2, 0.25) is 5.91 Å². The molecule has 0 aromatic heterocycles. The van der Waals surface area contributed by atoms with E-state index in [1.54, 1.807) is 7.05 Å². The fourth-order valence-electron chi connectivity index (χ4n) is 3.88. The second-order valence-electron chi connectivity index (χ2n) is 8.27. The van der Waals surface area contributed by atoms with Crippen molar-refractivity contribution in [1.29, 1.82) is 0 Å². The zero-order valence-electron chi connectivity index (χ0n) is 18.9. The van der Waals surface area contributed by atoms with E-state index in [9.17, 15) is 4.79 Å². The van der Waals surface area contributed by atoms with Crippen LogP contribution >= 0.6 is 0 Å². The molecule has 0 saturated carbocycles. The molecule has 0 bridgehead atoms. The number of hydrogen-bond acceptors (Lipinski definition) is 3. The van der Waals surface area contributed by atoms with E-state index < -0.39 is 0 Å². The third-order valence-electron chi connectivity index (χ3n) is 5.98. The molecule has 6 heteroatoms. The Morgan fingerprint density at radius 2 is 1.81 bits per heavy atom. The van der Waals surface area contributed by atoms with Gasteiger partial charge in [-0.2, -0.15) is 0 Å². The Morgan fingerprint density at radius 1 is 1.13 bits per heavy atom. The molecule has 1 aliphatic rings. The topological polar surface area (TPSA) is 60.0 Å². The lowest BCUT2D eigenvalue weighted by atomic mass is 10.1. The van der Waals surface area contributed by atoms with Crippen LogP contribution in [0.3, 0.4) is 0 Å². The zero-order chi connectivity index (χ0) is 22.1. The molecule has 6 nitrogen and oxygen atoms in total. The number of hydrogen-bond donors (Lipinski definition) is 2. The van der Waals surface area contributed by atoms with Gasteiger partial charge in [-0.1, -0.05) is 48.5 Å². The van der Waals surface area contributed by atoms with Crippen molar-refractivity contribution in [3.05, 3.63) is 66.2 Å². The molecule has 166 valence electrons. The SMILES string of the molecule is CN=C(NCC1CC(=O)N(CCc2ccccc2)C1)NCC(C)N(C)c1ccccc1. The molecular weight excluding hydrogens is 386 g/mol. The molecule has 1 saturated heterocycles. The minimum absolute atomic E-state index is 0.254. The lowest BCUT2D eigenvalue weighted by molar-refractivity contribution is -0.127. The van der Waals surface area contributed by atoms with Crippen LogP contribution in [-0.2, 0) is 11.2 Å². The normalized spacial score (nSPS) is 17.5. The van der Waals surface area contributed by atoms with E-state index in [-0.39, 0.29) is 5.91 Å². The van der Waals surface area contributed by atoms with Gasteiger partial charge in [0.05, 0.1) is 0 Å². The van der Waals surface area contributed by atoms with E-state index in [1.807, 2.05) is 29.2 Å². The van der Waals surface area contributed by atoms with Crippen molar-refractivity contribution in [3.63, 3.8) is 0 Å². The minimum atomic E-state index is 0.254. The number of carbonyl (C=O) groups excluding carboxylic acids is 1. The third kappa shape index (κ3) is 6.74. The van der Waals surface area contributed by atoms with Crippen molar-refractivity contribution in [2.75, 3.05) is 45.2 Å². The molecule has 3 rings (SSSR count). The molecule has 1 fully saturated rings. The maximum Gasteiger partial charge on any atom is 0.223 e. The molecule has 2 aromatic rings. The van der Waals surface area contributed by atoms with Crippen molar-refractivity contribution in [1.82, 2.24) is 15.5 Å². The Balaban J connectivity index is 1.39. The number of likely N-dealkylation sites (tertiary alicyclic amines) is 1. The summed E-state index contributed by atoms with van der Waals surface area (Å²) in [6.45, 7) is 5.31. The summed E-state index contributed by atoms with van der Waals surface area (Å²) in [5, 5.41) is 6.81. The Labute approximate surface area is 186 Å². The van der Waals surface area contributed by atoms with Crippen LogP contribution in [0, 0.1) is 5.92 Å². The highest BCUT2D eigenvalue weighted by Gasteiger charge is 2.29. The highest BCUT2D eigenvalue weighted by Crippen LogP contribution is 2.18. The van der Waals surface area contributed by atoms with Crippen LogP contribution < -0.4 is 15.5 Å². The highest BCUT2D eigenvalue weighted by molar-refractivity contribution is 5.81. The maximum atomic E-state index is 12.4. The molecule has 0 radical (unpaired) electrons. The first-order chi connectivity index (χ1) is 15.1. The minimum Gasteiger partial charge on any atom is -0.370 e. The number of benzene rings is 2. The summed E-state index contributed by atoms with van der Waals surface area (Å²) in [6.07, 6.45) is 1.51. The molecule has 1 heterocycles. The number of guanidine groups is 1. The van der Waals surface area contributed by atoms with Crippen LogP contribution in [0.1, 0.15) is 18.9 Å². The summed E-state index contributed by atoms with van der Waals surface area (Å²) in [5.41, 5.74) is 2.47. The predicted octanol–water partition coefficient (Wildman–Crippen LogP) is 2.77. The monoisotopic (exact) mass is 421 g/mol.